The average molecular weight is 276 g/mol. The van der Waals surface area contributed by atoms with Crippen LogP contribution >= 0.6 is 0 Å². The van der Waals surface area contributed by atoms with E-state index in [2.05, 4.69) is 15.5 Å². The summed E-state index contributed by atoms with van der Waals surface area (Å²) in [6.45, 7) is 7.92. The predicted molar refractivity (Wildman–Crippen MR) is 82.1 cm³/mol. The second-order valence-electron chi connectivity index (χ2n) is 5.31. The van der Waals surface area contributed by atoms with Crippen LogP contribution in [0.2, 0.25) is 0 Å². The minimum atomic E-state index is -0.0519. The lowest BCUT2D eigenvalue weighted by atomic mass is 10.2. The lowest BCUT2D eigenvalue weighted by molar-refractivity contribution is 0.197. The fraction of sp³-hybridized carbons (Fsp3) is 0.533. The van der Waals surface area contributed by atoms with E-state index in [1.54, 1.807) is 4.90 Å². The minimum Gasteiger partial charge on any atom is -0.326 e. The number of carbonyl (C=O) groups is 1. The molecule has 2 N–H and O–H groups in total. The van der Waals surface area contributed by atoms with Gasteiger partial charge in [-0.05, 0) is 19.1 Å². The third-order valence-electron chi connectivity index (χ3n) is 3.61. The first kappa shape index (κ1) is 14.8. The van der Waals surface area contributed by atoms with E-state index >= 15 is 0 Å². The second kappa shape index (κ2) is 7.26. The van der Waals surface area contributed by atoms with Crippen molar-refractivity contribution >= 4 is 11.7 Å². The van der Waals surface area contributed by atoms with Gasteiger partial charge < -0.3 is 15.5 Å². The van der Waals surface area contributed by atoms with Gasteiger partial charge in [-0.1, -0.05) is 17.7 Å². The van der Waals surface area contributed by atoms with Gasteiger partial charge in [-0.2, -0.15) is 0 Å². The molecule has 1 fully saturated rings. The number of likely N-dealkylation sites (N-methyl/N-ethyl adjacent to an activating group) is 1. The molecule has 0 aliphatic carbocycles. The zero-order chi connectivity index (χ0) is 14.4. The summed E-state index contributed by atoms with van der Waals surface area (Å²) in [6, 6.07) is 7.80. The zero-order valence-corrected chi connectivity index (χ0v) is 12.4. The summed E-state index contributed by atoms with van der Waals surface area (Å²) < 4.78 is 0. The zero-order valence-electron chi connectivity index (χ0n) is 12.4. The standard InChI is InChI=1S/C15H24N4O/c1-13-3-5-14(6-4-13)17-15(20)18(2)11-12-19-9-7-16-8-10-19/h3-6,16H,7-12H2,1-2H3,(H,17,20). The van der Waals surface area contributed by atoms with Crippen LogP contribution in [0.25, 0.3) is 0 Å². The van der Waals surface area contributed by atoms with Crippen molar-refractivity contribution in [2.24, 2.45) is 0 Å². The maximum atomic E-state index is 12.1. The van der Waals surface area contributed by atoms with Crippen molar-refractivity contribution in [2.45, 2.75) is 6.92 Å². The maximum Gasteiger partial charge on any atom is 0.321 e. The van der Waals surface area contributed by atoms with Crippen LogP contribution in [0.5, 0.6) is 0 Å². The molecule has 110 valence electrons. The van der Waals surface area contributed by atoms with Crippen LogP contribution in [-0.2, 0) is 0 Å². The highest BCUT2D eigenvalue weighted by atomic mass is 16.2. The number of hydrogen-bond acceptors (Lipinski definition) is 3. The van der Waals surface area contributed by atoms with Gasteiger partial charge in [0.1, 0.15) is 0 Å². The molecule has 0 bridgehead atoms. The number of amides is 2. The molecule has 0 unspecified atom stereocenters. The summed E-state index contributed by atoms with van der Waals surface area (Å²) in [6.07, 6.45) is 0. The number of carbonyl (C=O) groups excluding carboxylic acids is 1. The van der Waals surface area contributed by atoms with E-state index in [1.165, 1.54) is 5.56 Å². The highest BCUT2D eigenvalue weighted by Gasteiger charge is 2.13. The summed E-state index contributed by atoms with van der Waals surface area (Å²) in [5, 5.41) is 6.24. The number of urea groups is 1. The Labute approximate surface area is 120 Å². The van der Waals surface area contributed by atoms with Crippen molar-refractivity contribution in [2.75, 3.05) is 51.6 Å². The van der Waals surface area contributed by atoms with Crippen molar-refractivity contribution < 1.29 is 4.79 Å². The summed E-state index contributed by atoms with van der Waals surface area (Å²) in [5.74, 6) is 0. The number of hydrogen-bond donors (Lipinski definition) is 2. The third-order valence-corrected chi connectivity index (χ3v) is 3.61. The summed E-state index contributed by atoms with van der Waals surface area (Å²) in [4.78, 5) is 16.2. The van der Waals surface area contributed by atoms with Gasteiger partial charge in [0, 0.05) is 52.0 Å². The van der Waals surface area contributed by atoms with E-state index in [0.717, 1.165) is 45.0 Å². The van der Waals surface area contributed by atoms with Crippen LogP contribution in [0, 0.1) is 6.92 Å². The Morgan fingerprint density at radius 1 is 1.30 bits per heavy atom. The summed E-state index contributed by atoms with van der Waals surface area (Å²) >= 11 is 0. The van der Waals surface area contributed by atoms with Gasteiger partial charge in [-0.25, -0.2) is 4.79 Å². The Morgan fingerprint density at radius 2 is 1.95 bits per heavy atom. The lowest BCUT2D eigenvalue weighted by Crippen LogP contribution is -2.46. The number of aryl methyl sites for hydroxylation is 1. The van der Waals surface area contributed by atoms with E-state index < -0.39 is 0 Å². The van der Waals surface area contributed by atoms with E-state index in [-0.39, 0.29) is 6.03 Å². The molecule has 2 rings (SSSR count). The number of nitrogens with zero attached hydrogens (tertiary/aromatic N) is 2. The molecule has 1 saturated heterocycles. The molecule has 1 aromatic rings. The lowest BCUT2D eigenvalue weighted by Gasteiger charge is -2.29. The SMILES string of the molecule is Cc1ccc(NC(=O)N(C)CCN2CCNCC2)cc1. The molecule has 1 aliphatic heterocycles. The Bertz CT molecular complexity index is 426. The molecule has 1 aliphatic rings. The number of nitrogens with one attached hydrogen (secondary N) is 2. The number of benzene rings is 1. The van der Waals surface area contributed by atoms with Crippen LogP contribution in [0.4, 0.5) is 10.5 Å². The molecule has 2 amide bonds. The molecule has 5 nitrogen and oxygen atoms in total. The van der Waals surface area contributed by atoms with E-state index in [0.29, 0.717) is 0 Å². The first-order valence-electron chi connectivity index (χ1n) is 7.17. The molecule has 1 aromatic carbocycles. The maximum absolute atomic E-state index is 12.1. The van der Waals surface area contributed by atoms with E-state index in [4.69, 9.17) is 0 Å². The summed E-state index contributed by atoms with van der Waals surface area (Å²) in [5.41, 5.74) is 2.03. The van der Waals surface area contributed by atoms with Gasteiger partial charge in [0.25, 0.3) is 0 Å². The second-order valence-corrected chi connectivity index (χ2v) is 5.31. The van der Waals surface area contributed by atoms with Gasteiger partial charge in [0.05, 0.1) is 0 Å². The molecule has 0 aromatic heterocycles. The van der Waals surface area contributed by atoms with Crippen molar-refractivity contribution in [1.29, 1.82) is 0 Å². The minimum absolute atomic E-state index is 0.0519. The highest BCUT2D eigenvalue weighted by Crippen LogP contribution is 2.09. The fourth-order valence-electron chi connectivity index (χ4n) is 2.18. The smallest absolute Gasteiger partial charge is 0.321 e. The van der Waals surface area contributed by atoms with Crippen molar-refractivity contribution in [3.05, 3.63) is 29.8 Å². The molecule has 0 spiro atoms. The number of piperazine rings is 1. The number of anilines is 1. The van der Waals surface area contributed by atoms with Crippen LogP contribution in [0.3, 0.4) is 0 Å². The molecule has 0 atom stereocenters. The monoisotopic (exact) mass is 276 g/mol. The van der Waals surface area contributed by atoms with Crippen LogP contribution in [0.1, 0.15) is 5.56 Å². The molecular weight excluding hydrogens is 252 g/mol. The predicted octanol–water partition coefficient (Wildman–Crippen LogP) is 1.36. The Balaban J connectivity index is 1.75. The van der Waals surface area contributed by atoms with Crippen LogP contribution in [0.15, 0.2) is 24.3 Å². The Hall–Kier alpha value is -1.59. The largest absolute Gasteiger partial charge is 0.326 e. The van der Waals surface area contributed by atoms with Gasteiger partial charge in [0.2, 0.25) is 0 Å². The topological polar surface area (TPSA) is 47.6 Å². The first-order valence-corrected chi connectivity index (χ1v) is 7.17. The number of rotatable bonds is 4. The van der Waals surface area contributed by atoms with Crippen LogP contribution < -0.4 is 10.6 Å². The molecule has 0 saturated carbocycles. The van der Waals surface area contributed by atoms with Gasteiger partial charge in [-0.3, -0.25) is 4.90 Å². The molecule has 0 radical (unpaired) electrons. The van der Waals surface area contributed by atoms with Crippen LogP contribution in [-0.4, -0.2) is 62.1 Å². The average Bonchev–Trinajstić information content (AvgIpc) is 2.48. The molecular formula is C15H24N4O. The quantitative estimate of drug-likeness (QED) is 0.873. The van der Waals surface area contributed by atoms with Gasteiger partial charge in [0.15, 0.2) is 0 Å². The normalized spacial score (nSPS) is 15.9. The molecule has 1 heterocycles. The van der Waals surface area contributed by atoms with Crippen molar-refractivity contribution in [3.8, 4) is 0 Å². The van der Waals surface area contributed by atoms with Gasteiger partial charge >= 0.3 is 6.03 Å². The molecule has 20 heavy (non-hydrogen) atoms. The third kappa shape index (κ3) is 4.51. The van der Waals surface area contributed by atoms with Crippen molar-refractivity contribution in [1.82, 2.24) is 15.1 Å². The highest BCUT2D eigenvalue weighted by molar-refractivity contribution is 5.89. The molecule has 5 heteroatoms. The van der Waals surface area contributed by atoms with Crippen molar-refractivity contribution in [3.63, 3.8) is 0 Å². The summed E-state index contributed by atoms with van der Waals surface area (Å²) in [7, 11) is 1.84. The van der Waals surface area contributed by atoms with E-state index in [1.807, 2.05) is 38.2 Å². The fourth-order valence-corrected chi connectivity index (χ4v) is 2.18. The van der Waals surface area contributed by atoms with E-state index in [9.17, 15) is 4.79 Å². The Kier molecular flexibility index (Phi) is 5.38. The van der Waals surface area contributed by atoms with Gasteiger partial charge in [-0.15, -0.1) is 0 Å². The first-order chi connectivity index (χ1) is 9.65. The Morgan fingerprint density at radius 3 is 2.60 bits per heavy atom.